The van der Waals surface area contributed by atoms with Crippen LogP contribution in [0, 0.1) is 19.8 Å². The zero-order chi connectivity index (χ0) is 13.1. The molecule has 0 amide bonds. The molecule has 1 aliphatic rings. The molecule has 1 N–H and O–H groups in total. The molecule has 1 saturated carbocycles. The molecular formula is C15H27N3. The van der Waals surface area contributed by atoms with Crippen molar-refractivity contribution in [1.29, 1.82) is 0 Å². The van der Waals surface area contributed by atoms with Crippen LogP contribution in [-0.2, 0) is 13.5 Å². The van der Waals surface area contributed by atoms with Gasteiger partial charge in [0.25, 0.3) is 0 Å². The molecular weight excluding hydrogens is 222 g/mol. The normalized spacial score (nSPS) is 17.8. The molecule has 0 saturated heterocycles. The minimum Gasteiger partial charge on any atom is -0.314 e. The van der Waals surface area contributed by atoms with Crippen LogP contribution < -0.4 is 5.32 Å². The first-order chi connectivity index (χ1) is 8.61. The lowest BCUT2D eigenvalue weighted by Gasteiger charge is -2.30. The number of nitrogens with zero attached hydrogens (tertiary/aromatic N) is 2. The first-order valence-electron chi connectivity index (χ1n) is 7.34. The zero-order valence-electron chi connectivity index (χ0n) is 12.3. The van der Waals surface area contributed by atoms with E-state index in [1.807, 2.05) is 11.7 Å². The Morgan fingerprint density at radius 2 is 2.11 bits per heavy atom. The Balaban J connectivity index is 2.02. The van der Waals surface area contributed by atoms with Gasteiger partial charge in [-0.15, -0.1) is 0 Å². The van der Waals surface area contributed by atoms with Crippen LogP contribution in [0.25, 0.3) is 0 Å². The minimum atomic E-state index is 0.627. The standard InChI is InChI=1S/C15H27N3/c1-5-16-14(9-13-7-6-8-13)10-15-11(2)17-18(4)12(15)3/h13-14,16H,5-10H2,1-4H3. The summed E-state index contributed by atoms with van der Waals surface area (Å²) in [5.74, 6) is 0.964. The number of hydrogen-bond acceptors (Lipinski definition) is 2. The van der Waals surface area contributed by atoms with Crippen molar-refractivity contribution in [1.82, 2.24) is 15.1 Å². The van der Waals surface area contributed by atoms with Crippen LogP contribution >= 0.6 is 0 Å². The second-order valence-corrected chi connectivity index (χ2v) is 5.76. The largest absolute Gasteiger partial charge is 0.314 e. The van der Waals surface area contributed by atoms with E-state index in [-0.39, 0.29) is 0 Å². The van der Waals surface area contributed by atoms with E-state index >= 15 is 0 Å². The molecule has 0 aliphatic heterocycles. The van der Waals surface area contributed by atoms with Gasteiger partial charge in [-0.1, -0.05) is 26.2 Å². The molecule has 1 unspecified atom stereocenters. The van der Waals surface area contributed by atoms with E-state index in [9.17, 15) is 0 Å². The lowest BCUT2D eigenvalue weighted by Crippen LogP contribution is -2.34. The monoisotopic (exact) mass is 249 g/mol. The highest BCUT2D eigenvalue weighted by Gasteiger charge is 2.23. The fourth-order valence-electron chi connectivity index (χ4n) is 3.02. The third-order valence-electron chi connectivity index (χ3n) is 4.44. The molecule has 0 radical (unpaired) electrons. The quantitative estimate of drug-likeness (QED) is 0.840. The molecule has 3 nitrogen and oxygen atoms in total. The molecule has 1 aromatic rings. The van der Waals surface area contributed by atoms with Gasteiger partial charge in [-0.2, -0.15) is 5.10 Å². The van der Waals surface area contributed by atoms with Crippen molar-refractivity contribution in [2.75, 3.05) is 6.54 Å². The van der Waals surface area contributed by atoms with Gasteiger partial charge in [0.15, 0.2) is 0 Å². The highest BCUT2D eigenvalue weighted by Crippen LogP contribution is 2.31. The van der Waals surface area contributed by atoms with Crippen molar-refractivity contribution < 1.29 is 0 Å². The van der Waals surface area contributed by atoms with E-state index in [4.69, 9.17) is 0 Å². The number of aromatic nitrogens is 2. The van der Waals surface area contributed by atoms with Crippen LogP contribution in [0.15, 0.2) is 0 Å². The molecule has 1 atom stereocenters. The lowest BCUT2D eigenvalue weighted by molar-refractivity contribution is 0.260. The fourth-order valence-corrected chi connectivity index (χ4v) is 3.02. The predicted molar refractivity (Wildman–Crippen MR) is 75.8 cm³/mol. The maximum Gasteiger partial charge on any atom is 0.0628 e. The van der Waals surface area contributed by atoms with Gasteiger partial charge in [0.05, 0.1) is 5.69 Å². The second-order valence-electron chi connectivity index (χ2n) is 5.76. The summed E-state index contributed by atoms with van der Waals surface area (Å²) in [6.45, 7) is 7.59. The van der Waals surface area contributed by atoms with Gasteiger partial charge in [-0.25, -0.2) is 0 Å². The van der Waals surface area contributed by atoms with Gasteiger partial charge >= 0.3 is 0 Å². The molecule has 2 rings (SSSR count). The Hall–Kier alpha value is -0.830. The third-order valence-corrected chi connectivity index (χ3v) is 4.44. The molecule has 1 aromatic heterocycles. The number of likely N-dealkylation sites (N-methyl/N-ethyl adjacent to an activating group) is 1. The first-order valence-corrected chi connectivity index (χ1v) is 7.34. The molecule has 102 valence electrons. The topological polar surface area (TPSA) is 29.9 Å². The van der Waals surface area contributed by atoms with Crippen molar-refractivity contribution in [3.63, 3.8) is 0 Å². The molecule has 3 heteroatoms. The van der Waals surface area contributed by atoms with Crippen LogP contribution in [0.4, 0.5) is 0 Å². The smallest absolute Gasteiger partial charge is 0.0628 e. The summed E-state index contributed by atoms with van der Waals surface area (Å²) in [6.07, 6.45) is 6.78. The van der Waals surface area contributed by atoms with Crippen molar-refractivity contribution in [2.24, 2.45) is 13.0 Å². The molecule has 1 fully saturated rings. The maximum atomic E-state index is 4.53. The summed E-state index contributed by atoms with van der Waals surface area (Å²) < 4.78 is 2.01. The minimum absolute atomic E-state index is 0.627. The average Bonchev–Trinajstić information content (AvgIpc) is 2.50. The molecule has 0 spiro atoms. The van der Waals surface area contributed by atoms with E-state index < -0.39 is 0 Å². The van der Waals surface area contributed by atoms with E-state index in [2.05, 4.69) is 31.2 Å². The molecule has 0 bridgehead atoms. The first kappa shape index (κ1) is 13.6. The summed E-state index contributed by atoms with van der Waals surface area (Å²) in [4.78, 5) is 0. The van der Waals surface area contributed by atoms with E-state index in [0.29, 0.717) is 6.04 Å². The maximum absolute atomic E-state index is 4.53. The number of nitrogens with one attached hydrogen (secondary N) is 1. The van der Waals surface area contributed by atoms with Gasteiger partial charge in [0, 0.05) is 18.8 Å². The summed E-state index contributed by atoms with van der Waals surface area (Å²) in [6, 6.07) is 0.627. The van der Waals surface area contributed by atoms with Crippen molar-refractivity contribution >= 4 is 0 Å². The Morgan fingerprint density at radius 3 is 2.56 bits per heavy atom. The van der Waals surface area contributed by atoms with Crippen LogP contribution in [0.5, 0.6) is 0 Å². The van der Waals surface area contributed by atoms with Crippen LogP contribution in [0.1, 0.15) is 49.6 Å². The van der Waals surface area contributed by atoms with Gasteiger partial charge in [0.2, 0.25) is 0 Å². The van der Waals surface area contributed by atoms with Crippen molar-refractivity contribution in [3.8, 4) is 0 Å². The summed E-state index contributed by atoms with van der Waals surface area (Å²) in [7, 11) is 2.04. The summed E-state index contributed by atoms with van der Waals surface area (Å²) >= 11 is 0. The summed E-state index contributed by atoms with van der Waals surface area (Å²) in [5, 5.41) is 8.18. The van der Waals surface area contributed by atoms with Gasteiger partial charge < -0.3 is 5.32 Å². The van der Waals surface area contributed by atoms with Gasteiger partial charge in [-0.3, -0.25) is 4.68 Å². The Kier molecular flexibility index (Phi) is 4.44. The van der Waals surface area contributed by atoms with Gasteiger partial charge in [-0.05, 0) is 44.7 Å². The lowest BCUT2D eigenvalue weighted by atomic mass is 9.79. The molecule has 1 aliphatic carbocycles. The highest BCUT2D eigenvalue weighted by molar-refractivity contribution is 5.25. The second kappa shape index (κ2) is 5.87. The fraction of sp³-hybridized carbons (Fsp3) is 0.800. The average molecular weight is 249 g/mol. The zero-order valence-corrected chi connectivity index (χ0v) is 12.3. The van der Waals surface area contributed by atoms with E-state index in [1.165, 1.54) is 42.6 Å². The number of rotatable bonds is 6. The van der Waals surface area contributed by atoms with Gasteiger partial charge in [0.1, 0.15) is 0 Å². The molecule has 18 heavy (non-hydrogen) atoms. The third kappa shape index (κ3) is 2.94. The summed E-state index contributed by atoms with van der Waals surface area (Å²) in [5.41, 5.74) is 3.97. The van der Waals surface area contributed by atoms with Crippen LogP contribution in [-0.4, -0.2) is 22.4 Å². The number of aryl methyl sites for hydroxylation is 2. The van der Waals surface area contributed by atoms with Crippen LogP contribution in [0.2, 0.25) is 0 Å². The molecule has 0 aromatic carbocycles. The Morgan fingerprint density at radius 1 is 1.39 bits per heavy atom. The van der Waals surface area contributed by atoms with E-state index in [1.54, 1.807) is 0 Å². The SMILES string of the molecule is CCNC(Cc1c(C)nn(C)c1C)CC1CCC1. The van der Waals surface area contributed by atoms with Crippen molar-refractivity contribution in [2.45, 2.75) is 58.9 Å². The number of hydrogen-bond donors (Lipinski definition) is 1. The van der Waals surface area contributed by atoms with Crippen molar-refractivity contribution in [3.05, 3.63) is 17.0 Å². The Bertz CT molecular complexity index is 391. The highest BCUT2D eigenvalue weighted by atomic mass is 15.3. The predicted octanol–water partition coefficient (Wildman–Crippen LogP) is 2.75. The van der Waals surface area contributed by atoms with Crippen LogP contribution in [0.3, 0.4) is 0 Å². The Labute approximate surface area is 111 Å². The molecule has 1 heterocycles. The van der Waals surface area contributed by atoms with E-state index in [0.717, 1.165) is 18.9 Å².